The molecule has 0 aromatic carbocycles. The Morgan fingerprint density at radius 3 is 2.70 bits per heavy atom. The van der Waals surface area contributed by atoms with Crippen molar-refractivity contribution in [1.29, 1.82) is 0 Å². The fraction of sp³-hybridized carbons (Fsp3) is 0.692. The van der Waals surface area contributed by atoms with Gasteiger partial charge in [0.1, 0.15) is 12.6 Å². The molecule has 0 aliphatic carbocycles. The van der Waals surface area contributed by atoms with Crippen molar-refractivity contribution in [2.75, 3.05) is 19.9 Å². The van der Waals surface area contributed by atoms with E-state index in [1.54, 1.807) is 0 Å². The Morgan fingerprint density at radius 2 is 2.15 bits per heavy atom. The Bertz CT molecular complexity index is 325. The van der Waals surface area contributed by atoms with Gasteiger partial charge in [0.2, 0.25) is 0 Å². The molecule has 3 N–H and O–H groups in total. The molecule has 0 bridgehead atoms. The molecule has 7 heteroatoms. The van der Waals surface area contributed by atoms with Crippen LogP contribution >= 0.6 is 0 Å². The predicted octanol–water partition coefficient (Wildman–Crippen LogP) is 2.00. The zero-order valence-electron chi connectivity index (χ0n) is 13.2. The highest BCUT2D eigenvalue weighted by Gasteiger charge is 2.12. The third kappa shape index (κ3) is 10.7. The van der Waals surface area contributed by atoms with Crippen LogP contribution in [-0.4, -0.2) is 45.9 Å². The van der Waals surface area contributed by atoms with Gasteiger partial charge in [0, 0.05) is 27.6 Å². The maximum Gasteiger partial charge on any atom is 0.141 e. The molecule has 0 spiro atoms. The molecule has 0 aliphatic heterocycles. The van der Waals surface area contributed by atoms with Gasteiger partial charge in [0.25, 0.3) is 0 Å². The van der Waals surface area contributed by atoms with E-state index in [-0.39, 0.29) is 0 Å². The maximum absolute atomic E-state index is 5.95. The number of hydrogen-bond donors (Lipinski definition) is 2. The number of hydrogen-bond acceptors (Lipinski definition) is 6. The first-order valence-electron chi connectivity index (χ1n) is 6.92. The second kappa shape index (κ2) is 10.6. The zero-order chi connectivity index (χ0) is 15.4. The minimum Gasteiger partial charge on any atom is -0.360 e. The third-order valence-electron chi connectivity index (χ3n) is 2.41. The number of aliphatic imine (C=N–C) groups is 1. The molecule has 0 radical (unpaired) electrons. The Kier molecular flexibility index (Phi) is 9.96. The van der Waals surface area contributed by atoms with Gasteiger partial charge in [-0.05, 0) is 18.5 Å². The summed E-state index contributed by atoms with van der Waals surface area (Å²) in [4.78, 5) is 4.31. The lowest BCUT2D eigenvalue weighted by Gasteiger charge is -2.21. The molecular weight excluding hydrogens is 270 g/mol. The summed E-state index contributed by atoms with van der Waals surface area (Å²) >= 11 is 0. The van der Waals surface area contributed by atoms with E-state index in [0.29, 0.717) is 19.1 Å². The molecule has 0 amide bonds. The Hall–Kier alpha value is -1.18. The molecule has 0 aromatic heterocycles. The molecule has 0 aromatic rings. The molecular formula is C13H29N5OSi. The molecule has 0 rings (SSSR count). The third-order valence-corrected chi connectivity index (χ3v) is 4.12. The van der Waals surface area contributed by atoms with Crippen molar-refractivity contribution >= 4 is 21.0 Å². The first-order valence-corrected chi connectivity index (χ1v) is 10.6. The topological polar surface area (TPSA) is 75.2 Å². The van der Waals surface area contributed by atoms with E-state index in [0.717, 1.165) is 19.1 Å². The van der Waals surface area contributed by atoms with E-state index in [1.807, 2.05) is 19.2 Å². The fourth-order valence-corrected chi connectivity index (χ4v) is 1.99. The summed E-state index contributed by atoms with van der Waals surface area (Å²) < 4.78 is 5.60. The average Bonchev–Trinajstić information content (AvgIpc) is 2.37. The van der Waals surface area contributed by atoms with Crippen LogP contribution in [0.25, 0.3) is 0 Å². The van der Waals surface area contributed by atoms with Gasteiger partial charge in [0.15, 0.2) is 0 Å². The van der Waals surface area contributed by atoms with Gasteiger partial charge in [-0.3, -0.25) is 5.01 Å². The molecule has 6 nitrogen and oxygen atoms in total. The number of rotatable bonds is 11. The van der Waals surface area contributed by atoms with Crippen LogP contribution in [0.15, 0.2) is 22.0 Å². The molecule has 116 valence electrons. The summed E-state index contributed by atoms with van der Waals surface area (Å²) in [5.41, 5.74) is 2.74. The van der Waals surface area contributed by atoms with E-state index in [4.69, 9.17) is 10.6 Å². The summed E-state index contributed by atoms with van der Waals surface area (Å²) in [7, 11) is -1.06. The van der Waals surface area contributed by atoms with Crippen molar-refractivity contribution in [3.63, 3.8) is 0 Å². The first kappa shape index (κ1) is 18.8. The standard InChI is InChI=1S/C13H29N5OSi/c1-6-8-16-13(7-9-17-15-2)18(14)12-19-10-11-20(3,4)5/h7-8,17H,2,6,9-12,14H2,1,3-5H3/b13-7-,16-8-. The van der Waals surface area contributed by atoms with Crippen LogP contribution in [0.4, 0.5) is 0 Å². The smallest absolute Gasteiger partial charge is 0.141 e. The molecule has 20 heavy (non-hydrogen) atoms. The van der Waals surface area contributed by atoms with E-state index in [1.165, 1.54) is 5.01 Å². The van der Waals surface area contributed by atoms with Crippen LogP contribution in [0.1, 0.15) is 13.3 Å². The highest BCUT2D eigenvalue weighted by atomic mass is 28.3. The fourth-order valence-electron chi connectivity index (χ4n) is 1.24. The average molecular weight is 299 g/mol. The van der Waals surface area contributed by atoms with Crippen LogP contribution in [0.2, 0.25) is 25.7 Å². The predicted molar refractivity (Wildman–Crippen MR) is 89.4 cm³/mol. The number of ether oxygens (including phenoxy) is 1. The first-order chi connectivity index (χ1) is 9.40. The molecule has 0 saturated carbocycles. The summed E-state index contributed by atoms with van der Waals surface area (Å²) in [6.07, 6.45) is 4.52. The van der Waals surface area contributed by atoms with Crippen LogP contribution < -0.4 is 11.3 Å². The minimum absolute atomic E-state index is 0.332. The summed E-state index contributed by atoms with van der Waals surface area (Å²) in [5, 5.41) is 5.07. The van der Waals surface area contributed by atoms with E-state index < -0.39 is 8.07 Å². The highest BCUT2D eigenvalue weighted by molar-refractivity contribution is 6.76. The van der Waals surface area contributed by atoms with Crippen LogP contribution in [0, 0.1) is 0 Å². The minimum atomic E-state index is -1.06. The zero-order valence-corrected chi connectivity index (χ0v) is 14.2. The van der Waals surface area contributed by atoms with E-state index >= 15 is 0 Å². The lowest BCUT2D eigenvalue weighted by Crippen LogP contribution is -2.33. The van der Waals surface area contributed by atoms with Gasteiger partial charge < -0.3 is 10.2 Å². The molecule has 0 heterocycles. The Balaban J connectivity index is 4.26. The summed E-state index contributed by atoms with van der Waals surface area (Å²) in [6, 6.07) is 1.13. The maximum atomic E-state index is 5.95. The second-order valence-corrected chi connectivity index (χ2v) is 11.2. The van der Waals surface area contributed by atoms with Gasteiger partial charge in [-0.25, -0.2) is 10.8 Å². The van der Waals surface area contributed by atoms with Gasteiger partial charge in [-0.1, -0.05) is 26.6 Å². The van der Waals surface area contributed by atoms with Crippen LogP contribution in [0.3, 0.4) is 0 Å². The number of nitrogens with zero attached hydrogens (tertiary/aromatic N) is 3. The molecule has 0 fully saturated rings. The van der Waals surface area contributed by atoms with Crippen molar-refractivity contribution in [3.8, 4) is 0 Å². The lowest BCUT2D eigenvalue weighted by molar-refractivity contribution is 0.0539. The van der Waals surface area contributed by atoms with Crippen molar-refractivity contribution in [3.05, 3.63) is 11.9 Å². The Labute approximate surface area is 123 Å². The normalized spacial score (nSPS) is 12.8. The van der Waals surface area contributed by atoms with Gasteiger partial charge in [-0.2, -0.15) is 5.10 Å². The molecule has 0 atom stereocenters. The van der Waals surface area contributed by atoms with E-state index in [2.05, 4.69) is 41.9 Å². The van der Waals surface area contributed by atoms with Crippen molar-refractivity contribution in [2.24, 2.45) is 15.9 Å². The number of hydrazone groups is 1. The molecule has 0 saturated heterocycles. The van der Waals surface area contributed by atoms with E-state index in [9.17, 15) is 0 Å². The number of nitrogens with two attached hydrogens (primary N) is 1. The summed E-state index contributed by atoms with van der Waals surface area (Å²) in [6.45, 7) is 13.9. The monoisotopic (exact) mass is 299 g/mol. The molecule has 0 aliphatic rings. The number of hydrazine groups is 1. The second-order valence-electron chi connectivity index (χ2n) is 5.62. The van der Waals surface area contributed by atoms with Crippen LogP contribution in [-0.2, 0) is 4.74 Å². The highest BCUT2D eigenvalue weighted by Crippen LogP contribution is 2.08. The SMILES string of the molecule is C=NNC/C=C(/N=C\CC)N(N)COCC[Si](C)(C)C. The van der Waals surface area contributed by atoms with Crippen molar-refractivity contribution < 1.29 is 4.74 Å². The van der Waals surface area contributed by atoms with Gasteiger partial charge in [-0.15, -0.1) is 0 Å². The molecule has 0 unspecified atom stereocenters. The van der Waals surface area contributed by atoms with Gasteiger partial charge >= 0.3 is 0 Å². The van der Waals surface area contributed by atoms with Crippen molar-refractivity contribution in [1.82, 2.24) is 10.4 Å². The largest absolute Gasteiger partial charge is 0.360 e. The Morgan fingerprint density at radius 1 is 1.45 bits per heavy atom. The lowest BCUT2D eigenvalue weighted by atomic mass is 10.5. The number of nitrogens with one attached hydrogen (secondary N) is 1. The van der Waals surface area contributed by atoms with Crippen LogP contribution in [0.5, 0.6) is 0 Å². The van der Waals surface area contributed by atoms with Crippen molar-refractivity contribution in [2.45, 2.75) is 39.0 Å². The quantitative estimate of drug-likeness (QED) is 0.153. The van der Waals surface area contributed by atoms with Gasteiger partial charge in [0.05, 0.1) is 6.54 Å². The summed E-state index contributed by atoms with van der Waals surface area (Å²) in [5.74, 6) is 6.62.